The van der Waals surface area contributed by atoms with Gasteiger partial charge in [-0.15, -0.1) is 0 Å². The van der Waals surface area contributed by atoms with Crippen LogP contribution < -0.4 is 22.1 Å². The van der Waals surface area contributed by atoms with Crippen LogP contribution in [0.1, 0.15) is 39.5 Å². The molecule has 3 unspecified atom stereocenters. The second-order valence-electron chi connectivity index (χ2n) is 5.11. The lowest BCUT2D eigenvalue weighted by molar-refractivity contribution is 0.0547. The van der Waals surface area contributed by atoms with Crippen molar-refractivity contribution >= 4 is 0 Å². The van der Waals surface area contributed by atoms with Gasteiger partial charge in [-0.25, -0.2) is 0 Å². The summed E-state index contributed by atoms with van der Waals surface area (Å²) in [6.45, 7) is 5.46. The van der Waals surface area contributed by atoms with Crippen LogP contribution in [0.5, 0.6) is 0 Å². The van der Waals surface area contributed by atoms with Crippen molar-refractivity contribution in [1.29, 1.82) is 0 Å². The third kappa shape index (κ3) is 9.76. The molecule has 0 aliphatic carbocycles. The van der Waals surface area contributed by atoms with E-state index >= 15 is 0 Å². The molecule has 3 atom stereocenters. The van der Waals surface area contributed by atoms with Crippen LogP contribution in [-0.4, -0.2) is 41.9 Å². The van der Waals surface area contributed by atoms with Crippen molar-refractivity contribution in [3.63, 3.8) is 0 Å². The number of aliphatic hydroxyl groups excluding tert-OH is 2. The molecule has 6 nitrogen and oxygen atoms in total. The lowest BCUT2D eigenvalue weighted by Crippen LogP contribution is -2.49. The minimum absolute atomic E-state index is 0.262. The first-order valence-corrected chi connectivity index (χ1v) is 6.76. The van der Waals surface area contributed by atoms with Crippen molar-refractivity contribution in [3.05, 3.63) is 0 Å². The smallest absolute Gasteiger partial charge is 0.117 e. The summed E-state index contributed by atoms with van der Waals surface area (Å²) in [5.74, 6) is 0.418. The van der Waals surface area contributed by atoms with E-state index < -0.39 is 12.5 Å². The van der Waals surface area contributed by atoms with E-state index in [0.717, 1.165) is 25.8 Å². The van der Waals surface area contributed by atoms with Gasteiger partial charge in [-0.05, 0) is 38.1 Å². The van der Waals surface area contributed by atoms with Crippen molar-refractivity contribution in [2.24, 2.45) is 17.4 Å². The van der Waals surface area contributed by atoms with E-state index in [9.17, 15) is 10.2 Å². The van der Waals surface area contributed by atoms with Crippen LogP contribution in [0.2, 0.25) is 0 Å². The Morgan fingerprint density at radius 1 is 1.17 bits per heavy atom. The highest BCUT2D eigenvalue weighted by atomic mass is 16.3. The molecule has 8 N–H and O–H groups in total. The molecule has 0 saturated carbocycles. The van der Waals surface area contributed by atoms with E-state index in [-0.39, 0.29) is 6.04 Å². The molecule has 0 fully saturated rings. The van der Waals surface area contributed by atoms with Crippen LogP contribution in [0.4, 0.5) is 0 Å². The zero-order valence-corrected chi connectivity index (χ0v) is 11.6. The second-order valence-corrected chi connectivity index (χ2v) is 5.11. The molecule has 0 aromatic carbocycles. The lowest BCUT2D eigenvalue weighted by Gasteiger charge is -2.26. The minimum atomic E-state index is -0.944. The Bertz CT molecular complexity index is 191. The van der Waals surface area contributed by atoms with Crippen LogP contribution in [0.25, 0.3) is 0 Å². The molecular formula is C12H30N4O2. The Balaban J connectivity index is 3.77. The molecule has 0 heterocycles. The van der Waals surface area contributed by atoms with Crippen LogP contribution in [-0.2, 0) is 0 Å². The number of hydrogen-bond donors (Lipinski definition) is 6. The molecule has 0 aliphatic heterocycles. The van der Waals surface area contributed by atoms with Gasteiger partial charge in [0.2, 0.25) is 0 Å². The molecule has 0 bridgehead atoms. The number of aliphatic hydroxyl groups is 2. The molecule has 6 heteroatoms. The number of nitrogens with one attached hydrogen (secondary N) is 2. The summed E-state index contributed by atoms with van der Waals surface area (Å²) in [5, 5.41) is 25.2. The first-order valence-electron chi connectivity index (χ1n) is 6.76. The third-order valence-electron chi connectivity index (χ3n) is 2.77. The monoisotopic (exact) mass is 262 g/mol. The highest BCUT2D eigenvalue weighted by Crippen LogP contribution is 2.08. The van der Waals surface area contributed by atoms with E-state index in [1.54, 1.807) is 0 Å². The number of rotatable bonds is 11. The molecule has 0 rings (SSSR count). The highest BCUT2D eigenvalue weighted by Gasteiger charge is 2.19. The summed E-state index contributed by atoms with van der Waals surface area (Å²) in [5.41, 5.74) is 10.8. The van der Waals surface area contributed by atoms with Crippen LogP contribution >= 0.6 is 0 Å². The van der Waals surface area contributed by atoms with Crippen molar-refractivity contribution < 1.29 is 10.2 Å². The van der Waals surface area contributed by atoms with E-state index in [1.165, 1.54) is 0 Å². The summed E-state index contributed by atoms with van der Waals surface area (Å²) in [7, 11) is 0. The summed E-state index contributed by atoms with van der Waals surface area (Å²) < 4.78 is 0. The predicted molar refractivity (Wildman–Crippen MR) is 73.5 cm³/mol. The Kier molecular flexibility index (Phi) is 10.5. The van der Waals surface area contributed by atoms with E-state index in [0.29, 0.717) is 19.0 Å². The standard InChI is InChI=1S/C12H30N4O2/c1-9(2)7-10(12(14)18)16-11(17)5-3-4-6-15-8-13/h9-12,15-18H,3-8,13-14H2,1-2H3. The molecular weight excluding hydrogens is 232 g/mol. The number of hydrogen-bond acceptors (Lipinski definition) is 6. The molecule has 0 saturated heterocycles. The fourth-order valence-electron chi connectivity index (χ4n) is 1.83. The third-order valence-corrected chi connectivity index (χ3v) is 2.77. The minimum Gasteiger partial charge on any atom is -0.379 e. The normalized spacial score (nSPS) is 16.8. The SMILES string of the molecule is CC(C)CC(NC(O)CCCCNCN)C(N)O. The summed E-state index contributed by atoms with van der Waals surface area (Å²) in [4.78, 5) is 0. The maximum Gasteiger partial charge on any atom is 0.117 e. The maximum absolute atomic E-state index is 9.82. The lowest BCUT2D eigenvalue weighted by atomic mass is 10.0. The Hall–Kier alpha value is -0.240. The van der Waals surface area contributed by atoms with Gasteiger partial charge >= 0.3 is 0 Å². The second kappa shape index (κ2) is 10.7. The zero-order chi connectivity index (χ0) is 14.0. The quantitative estimate of drug-likeness (QED) is 0.216. The van der Waals surface area contributed by atoms with Gasteiger partial charge in [0.25, 0.3) is 0 Å². The predicted octanol–water partition coefficient (Wildman–Crippen LogP) is -0.738. The number of nitrogens with two attached hydrogens (primary N) is 2. The largest absolute Gasteiger partial charge is 0.379 e. The average molecular weight is 262 g/mol. The van der Waals surface area contributed by atoms with Crippen LogP contribution in [0.15, 0.2) is 0 Å². The highest BCUT2D eigenvalue weighted by molar-refractivity contribution is 4.74. The van der Waals surface area contributed by atoms with Crippen molar-refractivity contribution in [3.8, 4) is 0 Å². The van der Waals surface area contributed by atoms with Gasteiger partial charge in [-0.3, -0.25) is 5.32 Å². The Morgan fingerprint density at radius 3 is 2.33 bits per heavy atom. The Labute approximate surface area is 110 Å². The zero-order valence-electron chi connectivity index (χ0n) is 11.6. The molecule has 110 valence electrons. The summed E-state index contributed by atoms with van der Waals surface area (Å²) >= 11 is 0. The maximum atomic E-state index is 9.82. The van der Waals surface area contributed by atoms with Gasteiger partial charge in [0.1, 0.15) is 12.5 Å². The van der Waals surface area contributed by atoms with Gasteiger partial charge in [0, 0.05) is 12.7 Å². The van der Waals surface area contributed by atoms with Gasteiger partial charge in [-0.2, -0.15) is 0 Å². The van der Waals surface area contributed by atoms with Crippen molar-refractivity contribution in [2.75, 3.05) is 13.2 Å². The van der Waals surface area contributed by atoms with Crippen LogP contribution in [0, 0.1) is 5.92 Å². The van der Waals surface area contributed by atoms with E-state index in [2.05, 4.69) is 24.5 Å². The first-order chi connectivity index (χ1) is 8.47. The van der Waals surface area contributed by atoms with E-state index in [4.69, 9.17) is 11.5 Å². The molecule has 0 amide bonds. The summed E-state index contributed by atoms with van der Waals surface area (Å²) in [6.07, 6.45) is 1.69. The van der Waals surface area contributed by atoms with Crippen LogP contribution in [0.3, 0.4) is 0 Å². The fourth-order valence-corrected chi connectivity index (χ4v) is 1.83. The van der Waals surface area contributed by atoms with Gasteiger partial charge in [-0.1, -0.05) is 13.8 Å². The van der Waals surface area contributed by atoms with Gasteiger partial charge in [0.15, 0.2) is 0 Å². The first kappa shape index (κ1) is 17.8. The topological polar surface area (TPSA) is 117 Å². The average Bonchev–Trinajstić information content (AvgIpc) is 2.27. The van der Waals surface area contributed by atoms with Crippen molar-refractivity contribution in [1.82, 2.24) is 10.6 Å². The Morgan fingerprint density at radius 2 is 1.83 bits per heavy atom. The molecule has 0 aromatic rings. The van der Waals surface area contributed by atoms with E-state index in [1.807, 2.05) is 0 Å². The molecule has 0 aliphatic rings. The van der Waals surface area contributed by atoms with Gasteiger partial charge in [0.05, 0.1) is 0 Å². The summed E-state index contributed by atoms with van der Waals surface area (Å²) in [6, 6.07) is -0.262. The number of unbranched alkanes of at least 4 members (excludes halogenated alkanes) is 1. The van der Waals surface area contributed by atoms with Crippen molar-refractivity contribution in [2.45, 2.75) is 58.0 Å². The van der Waals surface area contributed by atoms with Gasteiger partial charge < -0.3 is 27.0 Å². The molecule has 0 aromatic heterocycles. The molecule has 0 radical (unpaired) electrons. The fraction of sp³-hybridized carbons (Fsp3) is 1.00. The molecule has 18 heavy (non-hydrogen) atoms. The molecule has 0 spiro atoms.